The van der Waals surface area contributed by atoms with Gasteiger partial charge in [0, 0.05) is 25.7 Å². The summed E-state index contributed by atoms with van der Waals surface area (Å²) in [4.78, 5) is 23.8. The van der Waals surface area contributed by atoms with E-state index in [1.807, 2.05) is 0 Å². The number of carbonyl (C=O) groups is 2. The van der Waals surface area contributed by atoms with Gasteiger partial charge < -0.3 is 18.9 Å². The molecule has 24 heavy (non-hydrogen) atoms. The lowest BCUT2D eigenvalue weighted by molar-refractivity contribution is -0.162. The Morgan fingerprint density at radius 2 is 1.25 bits per heavy atom. The van der Waals surface area contributed by atoms with Crippen LogP contribution in [0.15, 0.2) is 0 Å². The van der Waals surface area contributed by atoms with Gasteiger partial charge in [0.2, 0.25) is 11.6 Å². The molecule has 4 atom stereocenters. The van der Waals surface area contributed by atoms with E-state index in [0.717, 1.165) is 51.4 Å². The zero-order valence-electron chi connectivity index (χ0n) is 14.1. The van der Waals surface area contributed by atoms with Gasteiger partial charge in [-0.2, -0.15) is 0 Å². The van der Waals surface area contributed by atoms with Gasteiger partial charge >= 0.3 is 11.9 Å². The van der Waals surface area contributed by atoms with Crippen LogP contribution in [0.4, 0.5) is 0 Å². The second kappa shape index (κ2) is 6.30. The van der Waals surface area contributed by atoms with Gasteiger partial charge in [-0.25, -0.2) is 0 Å². The lowest BCUT2D eigenvalue weighted by atomic mass is 9.98. The van der Waals surface area contributed by atoms with Crippen LogP contribution >= 0.6 is 0 Å². The zero-order valence-corrected chi connectivity index (χ0v) is 14.1. The molecule has 0 amide bonds. The fourth-order valence-corrected chi connectivity index (χ4v) is 4.12. The third-order valence-corrected chi connectivity index (χ3v) is 5.62. The molecule has 2 aliphatic heterocycles. The number of hydrogen-bond donors (Lipinski definition) is 0. The molecule has 2 saturated heterocycles. The first kappa shape index (κ1) is 16.3. The normalized spacial score (nSPS) is 39.3. The van der Waals surface area contributed by atoms with E-state index in [1.165, 1.54) is 0 Å². The first-order valence-electron chi connectivity index (χ1n) is 9.41. The maximum Gasteiger partial charge on any atom is 0.308 e. The van der Waals surface area contributed by atoms with Gasteiger partial charge in [-0.15, -0.1) is 0 Å². The lowest BCUT2D eigenvalue weighted by Gasteiger charge is -2.18. The highest BCUT2D eigenvalue weighted by Crippen LogP contribution is 2.49. The van der Waals surface area contributed by atoms with E-state index < -0.39 is 11.6 Å². The smallest absolute Gasteiger partial charge is 0.308 e. The molecule has 4 fully saturated rings. The summed E-state index contributed by atoms with van der Waals surface area (Å²) in [5.41, 5.74) is 0. The number of rotatable bonds is 7. The Bertz CT molecular complexity index is 474. The van der Waals surface area contributed by atoms with Crippen LogP contribution in [0.2, 0.25) is 0 Å². The van der Waals surface area contributed by atoms with E-state index in [2.05, 4.69) is 0 Å². The SMILES string of the molecule is O=C(CCCCC(=O)OC12CCCCC1O2)OC12CCCCC1O2. The van der Waals surface area contributed by atoms with Crippen LogP contribution in [0.25, 0.3) is 0 Å². The number of unbranched alkanes of at least 4 members (excludes halogenated alkanes) is 1. The summed E-state index contributed by atoms with van der Waals surface area (Å²) < 4.78 is 22.1. The van der Waals surface area contributed by atoms with Gasteiger partial charge in [0.1, 0.15) is 12.2 Å². The Balaban J connectivity index is 1.10. The van der Waals surface area contributed by atoms with Gasteiger partial charge in [-0.1, -0.05) is 12.8 Å². The molecule has 2 saturated carbocycles. The van der Waals surface area contributed by atoms with Crippen molar-refractivity contribution in [2.24, 2.45) is 0 Å². The number of epoxide rings is 2. The molecule has 6 heteroatoms. The predicted molar refractivity (Wildman–Crippen MR) is 82.8 cm³/mol. The van der Waals surface area contributed by atoms with Crippen molar-refractivity contribution in [3.8, 4) is 0 Å². The topological polar surface area (TPSA) is 77.7 Å². The molecule has 6 nitrogen and oxygen atoms in total. The minimum absolute atomic E-state index is 0.117. The van der Waals surface area contributed by atoms with Crippen molar-refractivity contribution in [2.75, 3.05) is 0 Å². The fourth-order valence-electron chi connectivity index (χ4n) is 4.12. The molecule has 2 heterocycles. The molecule has 0 bridgehead atoms. The molecule has 0 aromatic heterocycles. The molecule has 0 spiro atoms. The number of hydrogen-bond acceptors (Lipinski definition) is 6. The minimum atomic E-state index is -0.604. The average Bonchev–Trinajstić information content (AvgIpc) is 3.43. The summed E-state index contributed by atoms with van der Waals surface area (Å²) >= 11 is 0. The minimum Gasteiger partial charge on any atom is -0.430 e. The van der Waals surface area contributed by atoms with Crippen LogP contribution in [0.1, 0.15) is 77.0 Å². The summed E-state index contributed by atoms with van der Waals surface area (Å²) in [6.07, 6.45) is 10.2. The van der Waals surface area contributed by atoms with Crippen LogP contribution < -0.4 is 0 Å². The maximum atomic E-state index is 11.9. The summed E-state index contributed by atoms with van der Waals surface area (Å²) in [5.74, 6) is -1.65. The van der Waals surface area contributed by atoms with Gasteiger partial charge in [0.15, 0.2) is 0 Å². The molecular formula is C18H26O6. The second-order valence-corrected chi connectivity index (χ2v) is 7.48. The number of ether oxygens (including phenoxy) is 4. The second-order valence-electron chi connectivity index (χ2n) is 7.48. The van der Waals surface area contributed by atoms with Crippen molar-refractivity contribution in [3.05, 3.63) is 0 Å². The number of fused-ring (bicyclic) bond motifs is 2. The molecule has 4 aliphatic rings. The Hall–Kier alpha value is -1.14. The van der Waals surface area contributed by atoms with Crippen LogP contribution in [0, 0.1) is 0 Å². The zero-order chi connectivity index (χ0) is 16.6. The molecule has 0 radical (unpaired) electrons. The lowest BCUT2D eigenvalue weighted by Crippen LogP contribution is -2.27. The van der Waals surface area contributed by atoms with Gasteiger partial charge in [0.05, 0.1) is 0 Å². The Kier molecular flexibility index (Phi) is 4.29. The van der Waals surface area contributed by atoms with Gasteiger partial charge in [-0.05, 0) is 38.5 Å². The summed E-state index contributed by atoms with van der Waals surface area (Å²) in [6, 6.07) is 0. The van der Waals surface area contributed by atoms with E-state index >= 15 is 0 Å². The standard InChI is InChI=1S/C18H26O6/c19-15(23-17-11-5-3-7-13(17)21-17)9-1-2-10-16(20)24-18-12-6-4-8-14(18)22-18/h13-14H,1-12H2. The molecular weight excluding hydrogens is 312 g/mol. The summed E-state index contributed by atoms with van der Waals surface area (Å²) in [7, 11) is 0. The van der Waals surface area contributed by atoms with Gasteiger partial charge in [-0.3, -0.25) is 9.59 Å². The van der Waals surface area contributed by atoms with Gasteiger partial charge in [0.25, 0.3) is 0 Å². The quantitative estimate of drug-likeness (QED) is 0.403. The number of esters is 2. The molecule has 0 aromatic carbocycles. The van der Waals surface area contributed by atoms with Crippen LogP contribution in [0.3, 0.4) is 0 Å². The number of carbonyl (C=O) groups excluding carboxylic acids is 2. The Morgan fingerprint density at radius 3 is 1.67 bits per heavy atom. The van der Waals surface area contributed by atoms with Crippen LogP contribution in [0.5, 0.6) is 0 Å². The molecule has 0 N–H and O–H groups in total. The van der Waals surface area contributed by atoms with Crippen LogP contribution in [-0.2, 0) is 28.5 Å². The van der Waals surface area contributed by atoms with E-state index in [9.17, 15) is 9.59 Å². The predicted octanol–water partition coefficient (Wildman–Crippen LogP) is 2.97. The third-order valence-electron chi connectivity index (χ3n) is 5.62. The fraction of sp³-hybridized carbons (Fsp3) is 0.889. The molecule has 2 aliphatic carbocycles. The third kappa shape index (κ3) is 3.31. The van der Waals surface area contributed by atoms with Crippen molar-refractivity contribution in [2.45, 2.75) is 101 Å². The largest absolute Gasteiger partial charge is 0.430 e. The maximum absolute atomic E-state index is 11.9. The van der Waals surface area contributed by atoms with E-state index in [4.69, 9.17) is 18.9 Å². The molecule has 4 rings (SSSR count). The highest BCUT2D eigenvalue weighted by atomic mass is 16.8. The first-order valence-corrected chi connectivity index (χ1v) is 9.41. The molecule has 134 valence electrons. The average molecular weight is 338 g/mol. The van der Waals surface area contributed by atoms with E-state index in [1.54, 1.807) is 0 Å². The first-order chi connectivity index (χ1) is 11.6. The summed E-state index contributed by atoms with van der Waals surface area (Å²) in [6.45, 7) is 0. The highest BCUT2D eigenvalue weighted by molar-refractivity contribution is 5.71. The Labute approximate surface area is 142 Å². The molecule has 4 unspecified atom stereocenters. The van der Waals surface area contributed by atoms with E-state index in [0.29, 0.717) is 25.7 Å². The monoisotopic (exact) mass is 338 g/mol. The van der Waals surface area contributed by atoms with Crippen molar-refractivity contribution in [1.82, 2.24) is 0 Å². The summed E-state index contributed by atoms with van der Waals surface area (Å²) in [5, 5.41) is 0. The van der Waals surface area contributed by atoms with E-state index in [-0.39, 0.29) is 24.1 Å². The Morgan fingerprint density at radius 1 is 0.792 bits per heavy atom. The van der Waals surface area contributed by atoms with Crippen molar-refractivity contribution < 1.29 is 28.5 Å². The highest BCUT2D eigenvalue weighted by Gasteiger charge is 2.61. The van der Waals surface area contributed by atoms with Crippen molar-refractivity contribution >= 4 is 11.9 Å². The van der Waals surface area contributed by atoms with Crippen molar-refractivity contribution in [1.29, 1.82) is 0 Å². The molecule has 0 aromatic rings. The van der Waals surface area contributed by atoms with Crippen LogP contribution in [-0.4, -0.2) is 35.7 Å². The van der Waals surface area contributed by atoms with Crippen molar-refractivity contribution in [3.63, 3.8) is 0 Å².